The molecule has 126 valence electrons. The fraction of sp³-hybridized carbons (Fsp3) is 0.526. The first-order valence-corrected chi connectivity index (χ1v) is 10.5. The first kappa shape index (κ1) is 15.1. The van der Waals surface area contributed by atoms with E-state index in [9.17, 15) is 4.79 Å². The first-order valence-electron chi connectivity index (χ1n) is 8.79. The van der Waals surface area contributed by atoms with Gasteiger partial charge < -0.3 is 9.88 Å². The van der Waals surface area contributed by atoms with Crippen molar-refractivity contribution in [2.75, 3.05) is 19.0 Å². The Morgan fingerprint density at radius 2 is 1.88 bits per heavy atom. The highest BCUT2D eigenvalue weighted by Crippen LogP contribution is 2.63. The Morgan fingerprint density at radius 3 is 2.62 bits per heavy atom. The molecule has 0 spiro atoms. The molecular weight excluding hydrogens is 336 g/mol. The number of thiazole rings is 1. The van der Waals surface area contributed by atoms with Gasteiger partial charge in [-0.2, -0.15) is 0 Å². The summed E-state index contributed by atoms with van der Waals surface area (Å²) >= 11 is 3.40. The van der Waals surface area contributed by atoms with Crippen molar-refractivity contribution in [2.24, 2.45) is 17.8 Å². The Bertz CT molecular complexity index is 823. The quantitative estimate of drug-likeness (QED) is 0.876. The summed E-state index contributed by atoms with van der Waals surface area (Å²) in [4.78, 5) is 18.7. The lowest BCUT2D eigenvalue weighted by molar-refractivity contribution is 0.307. The summed E-state index contributed by atoms with van der Waals surface area (Å²) in [5, 5.41) is 1.85. The molecule has 1 N–H and O–H groups in total. The fourth-order valence-electron chi connectivity index (χ4n) is 5.20. The number of benzene rings is 1. The SMILES string of the molecule is CN(C)c1ccc([C@@H]2c3sc(=O)[nH]c3S[C@H]3[C@H]4CC[C@@H](C4)[C@H]23)cc1. The topological polar surface area (TPSA) is 36.1 Å². The molecule has 0 radical (unpaired) electrons. The van der Waals surface area contributed by atoms with E-state index in [1.165, 1.54) is 46.7 Å². The summed E-state index contributed by atoms with van der Waals surface area (Å²) in [5.41, 5.74) is 2.62. The first-order chi connectivity index (χ1) is 11.6. The molecule has 2 heterocycles. The zero-order chi connectivity index (χ0) is 16.4. The van der Waals surface area contributed by atoms with Crippen molar-refractivity contribution in [3.05, 3.63) is 44.4 Å². The zero-order valence-corrected chi connectivity index (χ0v) is 15.6. The predicted molar refractivity (Wildman–Crippen MR) is 102 cm³/mol. The molecule has 2 bridgehead atoms. The number of fused-ring (bicyclic) bond motifs is 6. The van der Waals surface area contributed by atoms with Crippen molar-refractivity contribution in [3.8, 4) is 0 Å². The van der Waals surface area contributed by atoms with Crippen LogP contribution in [0.1, 0.15) is 35.6 Å². The van der Waals surface area contributed by atoms with Crippen molar-refractivity contribution in [3.63, 3.8) is 0 Å². The minimum absolute atomic E-state index is 0.106. The van der Waals surface area contributed by atoms with Gasteiger partial charge in [-0.15, -0.1) is 11.8 Å². The average Bonchev–Trinajstić information content (AvgIpc) is 3.26. The van der Waals surface area contributed by atoms with Crippen LogP contribution in [-0.4, -0.2) is 24.3 Å². The van der Waals surface area contributed by atoms with E-state index in [4.69, 9.17) is 0 Å². The van der Waals surface area contributed by atoms with Crippen LogP contribution in [0, 0.1) is 17.8 Å². The molecule has 5 heteroatoms. The fourth-order valence-corrected chi connectivity index (χ4v) is 8.10. The van der Waals surface area contributed by atoms with E-state index in [-0.39, 0.29) is 4.87 Å². The Hall–Kier alpha value is -1.20. The monoisotopic (exact) mass is 358 g/mol. The molecule has 24 heavy (non-hydrogen) atoms. The van der Waals surface area contributed by atoms with E-state index >= 15 is 0 Å². The van der Waals surface area contributed by atoms with Gasteiger partial charge in [0.25, 0.3) is 0 Å². The largest absolute Gasteiger partial charge is 0.378 e. The van der Waals surface area contributed by atoms with Crippen LogP contribution in [0.2, 0.25) is 0 Å². The second-order valence-corrected chi connectivity index (χ2v) is 9.87. The Labute approximate surface area is 150 Å². The van der Waals surface area contributed by atoms with Crippen LogP contribution in [0.3, 0.4) is 0 Å². The molecule has 1 aromatic carbocycles. The Kier molecular flexibility index (Phi) is 3.39. The molecule has 0 unspecified atom stereocenters. The minimum atomic E-state index is 0.106. The molecule has 1 aromatic heterocycles. The van der Waals surface area contributed by atoms with Gasteiger partial charge in [-0.1, -0.05) is 23.5 Å². The molecule has 5 rings (SSSR count). The van der Waals surface area contributed by atoms with Crippen LogP contribution in [0.15, 0.2) is 34.1 Å². The molecule has 2 fully saturated rings. The second-order valence-electron chi connectivity index (χ2n) is 7.66. The lowest BCUT2D eigenvalue weighted by Crippen LogP contribution is -2.33. The van der Waals surface area contributed by atoms with E-state index < -0.39 is 0 Å². The number of hydrogen-bond acceptors (Lipinski definition) is 4. The van der Waals surface area contributed by atoms with Crippen molar-refractivity contribution in [1.82, 2.24) is 4.98 Å². The summed E-state index contributed by atoms with van der Waals surface area (Å²) in [5.74, 6) is 2.81. The molecule has 0 amide bonds. The summed E-state index contributed by atoms with van der Waals surface area (Å²) in [7, 11) is 4.16. The number of H-pyrrole nitrogens is 1. The molecule has 2 aliphatic carbocycles. The number of rotatable bonds is 2. The lowest BCUT2D eigenvalue weighted by Gasteiger charge is -2.40. The summed E-state index contributed by atoms with van der Waals surface area (Å²) in [6.45, 7) is 0. The van der Waals surface area contributed by atoms with Crippen molar-refractivity contribution >= 4 is 28.8 Å². The number of nitrogens with zero attached hydrogens (tertiary/aromatic N) is 1. The van der Waals surface area contributed by atoms with E-state index in [2.05, 4.69) is 48.2 Å². The van der Waals surface area contributed by atoms with Crippen LogP contribution in [0.4, 0.5) is 5.69 Å². The van der Waals surface area contributed by atoms with Crippen molar-refractivity contribution in [2.45, 2.75) is 35.5 Å². The van der Waals surface area contributed by atoms with Gasteiger partial charge in [-0.3, -0.25) is 4.79 Å². The number of hydrogen-bond donors (Lipinski definition) is 1. The van der Waals surface area contributed by atoms with Crippen LogP contribution < -0.4 is 9.77 Å². The third-order valence-electron chi connectivity index (χ3n) is 6.23. The smallest absolute Gasteiger partial charge is 0.305 e. The normalized spacial score (nSPS) is 33.3. The molecular formula is C19H22N2OS2. The highest BCUT2D eigenvalue weighted by atomic mass is 32.2. The number of aromatic amines is 1. The lowest BCUT2D eigenvalue weighted by atomic mass is 9.75. The molecule has 3 aliphatic rings. The summed E-state index contributed by atoms with van der Waals surface area (Å²) in [6, 6.07) is 9.00. The maximum absolute atomic E-state index is 12.0. The predicted octanol–water partition coefficient (Wildman–Crippen LogP) is 4.15. The Balaban J connectivity index is 1.62. The van der Waals surface area contributed by atoms with Crippen molar-refractivity contribution < 1.29 is 0 Å². The molecule has 2 aromatic rings. The van der Waals surface area contributed by atoms with Gasteiger partial charge in [0.15, 0.2) is 0 Å². The third kappa shape index (κ3) is 2.14. The third-order valence-corrected chi connectivity index (χ3v) is 8.86. The standard InChI is InChI=1S/C19H22N2OS2/c1-21(2)13-7-5-10(6-8-13)14-15-11-3-4-12(9-11)16(15)23-18-17(14)24-19(22)20-18/h5-8,11-12,14-16H,3-4,9H2,1-2H3,(H,20,22)/t11-,12-,14-,15+,16-/m0/s1. The van der Waals surface area contributed by atoms with Crippen LogP contribution in [0.25, 0.3) is 0 Å². The molecule has 0 saturated heterocycles. The average molecular weight is 359 g/mol. The molecule has 1 aliphatic heterocycles. The summed E-state index contributed by atoms with van der Waals surface area (Å²) in [6.07, 6.45) is 4.16. The highest BCUT2D eigenvalue weighted by molar-refractivity contribution is 8.00. The highest BCUT2D eigenvalue weighted by Gasteiger charge is 2.54. The second kappa shape index (κ2) is 5.40. The molecule has 5 atom stereocenters. The zero-order valence-electron chi connectivity index (χ0n) is 14.0. The number of anilines is 1. The van der Waals surface area contributed by atoms with Gasteiger partial charge in [0.1, 0.15) is 0 Å². The maximum atomic E-state index is 12.0. The number of aromatic nitrogens is 1. The van der Waals surface area contributed by atoms with Crippen LogP contribution in [-0.2, 0) is 0 Å². The number of thioether (sulfide) groups is 1. The van der Waals surface area contributed by atoms with Crippen LogP contribution in [0.5, 0.6) is 0 Å². The van der Waals surface area contributed by atoms with Gasteiger partial charge in [0.2, 0.25) is 0 Å². The minimum Gasteiger partial charge on any atom is -0.378 e. The van der Waals surface area contributed by atoms with Crippen LogP contribution >= 0.6 is 23.1 Å². The van der Waals surface area contributed by atoms with Gasteiger partial charge in [-0.25, -0.2) is 0 Å². The van der Waals surface area contributed by atoms with Gasteiger partial charge in [0, 0.05) is 35.8 Å². The van der Waals surface area contributed by atoms with E-state index in [1.54, 1.807) is 0 Å². The molecule has 3 nitrogen and oxygen atoms in total. The maximum Gasteiger partial charge on any atom is 0.305 e. The van der Waals surface area contributed by atoms with Crippen molar-refractivity contribution in [1.29, 1.82) is 0 Å². The van der Waals surface area contributed by atoms with Gasteiger partial charge >= 0.3 is 4.87 Å². The van der Waals surface area contributed by atoms with Gasteiger partial charge in [-0.05, 0) is 54.7 Å². The van der Waals surface area contributed by atoms with E-state index in [1.807, 2.05) is 11.8 Å². The van der Waals surface area contributed by atoms with Gasteiger partial charge in [0.05, 0.1) is 5.03 Å². The van der Waals surface area contributed by atoms with E-state index in [0.717, 1.165) is 16.9 Å². The number of nitrogens with one attached hydrogen (secondary N) is 1. The Morgan fingerprint density at radius 1 is 1.12 bits per heavy atom. The summed E-state index contributed by atoms with van der Waals surface area (Å²) < 4.78 is 0. The molecule has 2 saturated carbocycles. The van der Waals surface area contributed by atoms with E-state index in [0.29, 0.717) is 17.1 Å².